The van der Waals surface area contributed by atoms with E-state index in [9.17, 15) is 8.42 Å². The van der Waals surface area contributed by atoms with Gasteiger partial charge in [-0.1, -0.05) is 31.8 Å². The number of rotatable bonds is 4. The molecule has 0 radical (unpaired) electrons. The molecule has 1 atom stereocenters. The van der Waals surface area contributed by atoms with Crippen molar-refractivity contribution in [2.75, 3.05) is 12.0 Å². The second-order valence-electron chi connectivity index (χ2n) is 5.49. The first-order valence-electron chi connectivity index (χ1n) is 4.94. The molecule has 82 valence electrons. The Morgan fingerprint density at radius 3 is 2.07 bits per heavy atom. The number of sulfone groups is 1. The number of allylic oxidation sites excluding steroid dienone is 1. The molecule has 1 saturated carbocycles. The van der Waals surface area contributed by atoms with Gasteiger partial charge in [-0.3, -0.25) is 0 Å². The molecule has 0 aromatic rings. The molecule has 1 unspecified atom stereocenters. The van der Waals surface area contributed by atoms with Gasteiger partial charge in [-0.25, -0.2) is 8.42 Å². The van der Waals surface area contributed by atoms with E-state index >= 15 is 0 Å². The summed E-state index contributed by atoms with van der Waals surface area (Å²) in [6, 6.07) is 0. The Morgan fingerprint density at radius 2 is 1.86 bits per heavy atom. The minimum absolute atomic E-state index is 0.218. The molecule has 1 aliphatic carbocycles. The molecule has 1 fully saturated rings. The van der Waals surface area contributed by atoms with Crippen LogP contribution in [0.4, 0.5) is 0 Å². The summed E-state index contributed by atoms with van der Waals surface area (Å²) in [5, 5.41) is 0.218. The molecule has 0 saturated heterocycles. The first-order chi connectivity index (χ1) is 6.08. The lowest BCUT2D eigenvalue weighted by molar-refractivity contribution is 0.597. The largest absolute Gasteiger partial charge is 0.229 e. The molecule has 0 amide bonds. The zero-order chi connectivity index (χ0) is 11.2. The van der Waals surface area contributed by atoms with Gasteiger partial charge < -0.3 is 0 Å². The first kappa shape index (κ1) is 12.0. The van der Waals surface area contributed by atoms with Gasteiger partial charge in [0.05, 0.1) is 13.8 Å². The summed E-state index contributed by atoms with van der Waals surface area (Å²) in [6.45, 7) is 10.9. The van der Waals surface area contributed by atoms with Crippen LogP contribution in [0.1, 0.15) is 12.8 Å². The van der Waals surface area contributed by atoms with Crippen molar-refractivity contribution >= 4 is 17.9 Å². The predicted molar refractivity (Wildman–Crippen MR) is 64.1 cm³/mol. The average Bonchev–Trinajstić information content (AvgIpc) is 2.56. The maximum Gasteiger partial charge on any atom is 0.147 e. The SMILES string of the molecule is C=C1CC1(CCS(C)(=O)=O)[Si](C)(C)C. The van der Waals surface area contributed by atoms with E-state index in [-0.39, 0.29) is 5.04 Å². The van der Waals surface area contributed by atoms with Crippen molar-refractivity contribution in [1.82, 2.24) is 0 Å². The van der Waals surface area contributed by atoms with Crippen LogP contribution in [0.15, 0.2) is 12.2 Å². The molecular weight excluding hydrogens is 212 g/mol. The van der Waals surface area contributed by atoms with Gasteiger partial charge >= 0.3 is 0 Å². The summed E-state index contributed by atoms with van der Waals surface area (Å²) in [5.41, 5.74) is 1.28. The van der Waals surface area contributed by atoms with Crippen molar-refractivity contribution in [3.63, 3.8) is 0 Å². The molecule has 14 heavy (non-hydrogen) atoms. The lowest BCUT2D eigenvalue weighted by Crippen LogP contribution is -2.31. The Morgan fingerprint density at radius 1 is 1.43 bits per heavy atom. The van der Waals surface area contributed by atoms with Crippen LogP contribution in [0.25, 0.3) is 0 Å². The normalized spacial score (nSPS) is 27.9. The molecule has 0 aromatic carbocycles. The lowest BCUT2D eigenvalue weighted by Gasteiger charge is -2.28. The summed E-state index contributed by atoms with van der Waals surface area (Å²) in [7, 11) is -4.12. The number of hydrogen-bond acceptors (Lipinski definition) is 2. The summed E-state index contributed by atoms with van der Waals surface area (Å²) in [6.07, 6.45) is 3.16. The smallest absolute Gasteiger partial charge is 0.147 e. The lowest BCUT2D eigenvalue weighted by atomic mass is 10.3. The van der Waals surface area contributed by atoms with E-state index in [4.69, 9.17) is 0 Å². The standard InChI is InChI=1S/C10H20O2SSi/c1-9-8-10(9,14(3,4)5)6-7-13(2,11)12/h1,6-8H2,2-5H3. The second-order valence-corrected chi connectivity index (χ2v) is 13.2. The minimum Gasteiger partial charge on any atom is -0.229 e. The molecule has 0 aromatic heterocycles. The van der Waals surface area contributed by atoms with E-state index in [1.165, 1.54) is 11.8 Å². The van der Waals surface area contributed by atoms with Gasteiger partial charge in [0.2, 0.25) is 0 Å². The summed E-state index contributed by atoms with van der Waals surface area (Å²) < 4.78 is 22.3. The second kappa shape index (κ2) is 3.20. The average molecular weight is 232 g/mol. The van der Waals surface area contributed by atoms with Gasteiger partial charge in [-0.2, -0.15) is 0 Å². The van der Waals surface area contributed by atoms with E-state index in [0.717, 1.165) is 12.8 Å². The van der Waals surface area contributed by atoms with Gasteiger partial charge in [0.25, 0.3) is 0 Å². The Kier molecular flexibility index (Phi) is 2.74. The fraction of sp³-hybridized carbons (Fsp3) is 0.800. The van der Waals surface area contributed by atoms with Crippen molar-refractivity contribution in [1.29, 1.82) is 0 Å². The highest BCUT2D eigenvalue weighted by Gasteiger charge is 2.55. The van der Waals surface area contributed by atoms with E-state index in [1.54, 1.807) is 0 Å². The van der Waals surface area contributed by atoms with Crippen molar-refractivity contribution < 1.29 is 8.42 Å². The Hall–Kier alpha value is -0.0931. The van der Waals surface area contributed by atoms with Crippen molar-refractivity contribution in [3.05, 3.63) is 12.2 Å². The van der Waals surface area contributed by atoms with Gasteiger partial charge in [0.15, 0.2) is 0 Å². The fourth-order valence-corrected chi connectivity index (χ4v) is 5.70. The van der Waals surface area contributed by atoms with Gasteiger partial charge in [-0.05, 0) is 17.9 Å². The molecule has 0 bridgehead atoms. The maximum atomic E-state index is 11.1. The van der Waals surface area contributed by atoms with Crippen LogP contribution in [0.5, 0.6) is 0 Å². The van der Waals surface area contributed by atoms with Crippen LogP contribution in [0, 0.1) is 0 Å². The molecule has 4 heteroatoms. The highest BCUT2D eigenvalue weighted by atomic mass is 32.2. The first-order valence-corrected chi connectivity index (χ1v) is 10.5. The van der Waals surface area contributed by atoms with Crippen molar-refractivity contribution in [2.24, 2.45) is 0 Å². The Labute approximate surface area is 88.3 Å². The number of hydrogen-bond donors (Lipinski definition) is 0. The van der Waals surface area contributed by atoms with Crippen molar-refractivity contribution in [3.8, 4) is 0 Å². The van der Waals surface area contributed by atoms with Crippen LogP contribution < -0.4 is 0 Å². The highest BCUT2D eigenvalue weighted by Crippen LogP contribution is 2.67. The predicted octanol–water partition coefficient (Wildman–Crippen LogP) is 2.46. The molecule has 0 aliphatic heterocycles. The van der Waals surface area contributed by atoms with E-state index < -0.39 is 17.9 Å². The molecule has 0 spiro atoms. The molecule has 1 rings (SSSR count). The molecule has 2 nitrogen and oxygen atoms in total. The van der Waals surface area contributed by atoms with Crippen LogP contribution in [0.3, 0.4) is 0 Å². The van der Waals surface area contributed by atoms with Gasteiger partial charge in [-0.15, -0.1) is 0 Å². The molecule has 1 aliphatic rings. The molecular formula is C10H20O2SSi. The topological polar surface area (TPSA) is 34.1 Å². The third-order valence-corrected chi connectivity index (χ3v) is 8.00. The highest BCUT2D eigenvalue weighted by molar-refractivity contribution is 7.90. The quantitative estimate of drug-likeness (QED) is 0.551. The van der Waals surface area contributed by atoms with Crippen LogP contribution in [0.2, 0.25) is 24.7 Å². The summed E-state index contributed by atoms with van der Waals surface area (Å²) in [4.78, 5) is 0. The zero-order valence-corrected chi connectivity index (χ0v) is 11.4. The Bertz CT molecular complexity index is 351. The van der Waals surface area contributed by atoms with E-state index in [2.05, 4.69) is 26.2 Å². The monoisotopic (exact) mass is 232 g/mol. The van der Waals surface area contributed by atoms with Gasteiger partial charge in [0.1, 0.15) is 9.84 Å². The van der Waals surface area contributed by atoms with Crippen LogP contribution >= 0.6 is 0 Å². The third kappa shape index (κ3) is 2.28. The van der Waals surface area contributed by atoms with E-state index in [0.29, 0.717) is 5.75 Å². The fourth-order valence-electron chi connectivity index (χ4n) is 2.12. The van der Waals surface area contributed by atoms with Crippen LogP contribution in [-0.4, -0.2) is 28.5 Å². The minimum atomic E-state index is -2.82. The zero-order valence-electron chi connectivity index (χ0n) is 9.55. The molecule has 0 N–H and O–H groups in total. The Balaban J connectivity index is 2.72. The summed E-state index contributed by atoms with van der Waals surface area (Å²) in [5.74, 6) is 0.316. The van der Waals surface area contributed by atoms with Crippen molar-refractivity contribution in [2.45, 2.75) is 37.5 Å². The van der Waals surface area contributed by atoms with E-state index in [1.807, 2.05) is 0 Å². The summed E-state index contributed by atoms with van der Waals surface area (Å²) >= 11 is 0. The third-order valence-electron chi connectivity index (χ3n) is 3.40. The maximum absolute atomic E-state index is 11.1. The van der Waals surface area contributed by atoms with Gasteiger partial charge in [0, 0.05) is 6.26 Å². The molecule has 0 heterocycles. The van der Waals surface area contributed by atoms with Crippen LogP contribution in [-0.2, 0) is 9.84 Å².